The Morgan fingerprint density at radius 2 is 1.76 bits per heavy atom. The molecule has 1 N–H and O–H groups in total. The molecule has 3 rings (SSSR count). The fourth-order valence-electron chi connectivity index (χ4n) is 4.38. The molecule has 2 aromatic rings. The van der Waals surface area contributed by atoms with Crippen LogP contribution in [0.1, 0.15) is 39.2 Å². The van der Waals surface area contributed by atoms with Crippen molar-refractivity contribution in [2.24, 2.45) is 22.7 Å². The lowest BCUT2D eigenvalue weighted by atomic mass is 9.78. The molecule has 170 valence electrons. The van der Waals surface area contributed by atoms with Gasteiger partial charge in [0.05, 0.1) is 18.6 Å². The predicted molar refractivity (Wildman–Crippen MR) is 122 cm³/mol. The van der Waals surface area contributed by atoms with E-state index in [9.17, 15) is 20.0 Å². The molecule has 1 aliphatic rings. The highest BCUT2D eigenvalue weighted by Gasteiger charge is 2.79. The van der Waals surface area contributed by atoms with E-state index in [0.717, 1.165) is 0 Å². The van der Waals surface area contributed by atoms with E-state index in [2.05, 4.69) is 17.9 Å². The molecule has 6 nitrogen and oxygen atoms in total. The minimum atomic E-state index is -1.47. The quantitative estimate of drug-likeness (QED) is 0.365. The van der Waals surface area contributed by atoms with Crippen molar-refractivity contribution in [3.05, 3.63) is 60.2 Å². The van der Waals surface area contributed by atoms with E-state index >= 15 is 0 Å². The Kier molecular flexibility index (Phi) is 6.79. The van der Waals surface area contributed by atoms with Crippen LogP contribution < -0.4 is 4.74 Å². The third kappa shape index (κ3) is 4.56. The van der Waals surface area contributed by atoms with E-state index < -0.39 is 34.6 Å². The van der Waals surface area contributed by atoms with Crippen molar-refractivity contribution < 1.29 is 24.2 Å². The highest BCUT2D eigenvalue weighted by atomic mass is 16.5. The minimum absolute atomic E-state index is 0.166. The first-order chi connectivity index (χ1) is 15.6. The van der Waals surface area contributed by atoms with E-state index in [1.54, 1.807) is 50.2 Å². The lowest BCUT2D eigenvalue weighted by molar-refractivity contribution is -0.145. The monoisotopic (exact) mass is 445 g/mol. The number of rotatable bonds is 7. The van der Waals surface area contributed by atoms with Gasteiger partial charge in [0, 0.05) is 11.8 Å². The molecule has 2 aromatic carbocycles. The number of benzene rings is 2. The Hall–Kier alpha value is -3.77. The molecule has 0 saturated heterocycles. The summed E-state index contributed by atoms with van der Waals surface area (Å²) in [4.78, 5) is 24.5. The van der Waals surface area contributed by atoms with Gasteiger partial charge < -0.3 is 14.6 Å². The van der Waals surface area contributed by atoms with Crippen LogP contribution in [0.15, 0.2) is 54.6 Å². The zero-order valence-corrected chi connectivity index (χ0v) is 19.2. The van der Waals surface area contributed by atoms with Gasteiger partial charge in [0.1, 0.15) is 16.9 Å². The molecular weight excluding hydrogens is 418 g/mol. The number of hydrogen-bond donors (Lipinski definition) is 1. The second-order valence-electron chi connectivity index (χ2n) is 9.14. The number of carboxylic acid groups (broad SMARTS) is 1. The van der Waals surface area contributed by atoms with Gasteiger partial charge in [-0.3, -0.25) is 4.79 Å². The first-order valence-electron chi connectivity index (χ1n) is 10.8. The van der Waals surface area contributed by atoms with Gasteiger partial charge in [0.15, 0.2) is 0 Å². The number of carbonyl (C=O) groups excluding carboxylic acids is 1. The van der Waals surface area contributed by atoms with Crippen molar-refractivity contribution in [3.8, 4) is 29.4 Å². The second-order valence-corrected chi connectivity index (χ2v) is 9.14. The number of nitriles is 1. The summed E-state index contributed by atoms with van der Waals surface area (Å²) in [7, 11) is 0. The summed E-state index contributed by atoms with van der Waals surface area (Å²) in [5, 5.41) is 20.3. The summed E-state index contributed by atoms with van der Waals surface area (Å²) in [6.45, 7) is 7.57. The highest BCUT2D eigenvalue weighted by molar-refractivity contribution is 5.90. The molecule has 0 unspecified atom stereocenters. The Bertz CT molecular complexity index is 1140. The van der Waals surface area contributed by atoms with Gasteiger partial charge in [0.2, 0.25) is 0 Å². The van der Waals surface area contributed by atoms with Crippen LogP contribution >= 0.6 is 0 Å². The van der Waals surface area contributed by atoms with Gasteiger partial charge in [0.25, 0.3) is 0 Å². The lowest BCUT2D eigenvalue weighted by Gasteiger charge is -2.22. The third-order valence-electron chi connectivity index (χ3n) is 6.13. The Morgan fingerprint density at radius 3 is 2.36 bits per heavy atom. The van der Waals surface area contributed by atoms with Crippen molar-refractivity contribution in [2.75, 3.05) is 6.61 Å². The van der Waals surface area contributed by atoms with Crippen molar-refractivity contribution in [2.45, 2.75) is 33.6 Å². The van der Waals surface area contributed by atoms with Crippen LogP contribution in [-0.2, 0) is 14.3 Å². The van der Waals surface area contributed by atoms with Crippen molar-refractivity contribution in [1.29, 1.82) is 5.26 Å². The Balaban J connectivity index is 1.92. The molecule has 0 heterocycles. The van der Waals surface area contributed by atoms with Crippen molar-refractivity contribution in [1.82, 2.24) is 0 Å². The number of nitrogens with zero attached hydrogens (tertiary/aromatic N) is 1. The van der Waals surface area contributed by atoms with Gasteiger partial charge in [-0.15, -0.1) is 0 Å². The van der Waals surface area contributed by atoms with E-state index in [0.29, 0.717) is 17.1 Å². The summed E-state index contributed by atoms with van der Waals surface area (Å²) < 4.78 is 10.9. The van der Waals surface area contributed by atoms with E-state index in [4.69, 9.17) is 9.47 Å². The summed E-state index contributed by atoms with van der Waals surface area (Å²) in [6, 6.07) is 18.2. The number of ether oxygens (including phenoxy) is 2. The molecule has 6 heteroatoms. The molecule has 33 heavy (non-hydrogen) atoms. The van der Waals surface area contributed by atoms with Crippen molar-refractivity contribution in [3.63, 3.8) is 0 Å². The van der Waals surface area contributed by atoms with Crippen molar-refractivity contribution >= 4 is 11.9 Å². The largest absolute Gasteiger partial charge is 0.481 e. The number of aliphatic carboxylic acids is 1. The summed E-state index contributed by atoms with van der Waals surface area (Å²) in [5.74, 6) is 3.01. The van der Waals surface area contributed by atoms with E-state index in [-0.39, 0.29) is 12.5 Å². The molecule has 0 amide bonds. The smallest absolute Gasteiger partial charge is 0.384 e. The number of esters is 1. The fourth-order valence-corrected chi connectivity index (χ4v) is 4.38. The number of carbonyl (C=O) groups is 2. The molecule has 1 fully saturated rings. The van der Waals surface area contributed by atoms with Crippen LogP contribution in [0.3, 0.4) is 0 Å². The van der Waals surface area contributed by atoms with Gasteiger partial charge >= 0.3 is 11.9 Å². The predicted octanol–water partition coefficient (Wildman–Crippen LogP) is 5.02. The summed E-state index contributed by atoms with van der Waals surface area (Å²) >= 11 is 0. The molecule has 1 aliphatic carbocycles. The lowest BCUT2D eigenvalue weighted by Crippen LogP contribution is -2.28. The first-order valence-corrected chi connectivity index (χ1v) is 10.8. The summed E-state index contributed by atoms with van der Waals surface area (Å²) in [6.07, 6.45) is 0. The van der Waals surface area contributed by atoms with Gasteiger partial charge in [-0.05, 0) is 41.2 Å². The molecular formula is C27H27NO5. The molecule has 0 radical (unpaired) electrons. The molecule has 3 atom stereocenters. The zero-order chi connectivity index (χ0) is 24.2. The average molecular weight is 446 g/mol. The van der Waals surface area contributed by atoms with Crippen LogP contribution in [0.2, 0.25) is 0 Å². The first kappa shape index (κ1) is 23.9. The second kappa shape index (κ2) is 9.38. The maximum absolute atomic E-state index is 12.6. The standard InChI is InChI=1S/C27H27NO5/c1-18(2)17-32-24(29)14-13-23-26(3,4)27(23,25(30)31)22(16-28)19-9-8-12-21(15-19)33-20-10-6-5-7-11-20/h5-12,15,18,22-23H,17H2,1-4H3,(H,30,31)/t22-,23-,27+/m0/s1. The maximum atomic E-state index is 12.6. The van der Waals surface area contributed by atoms with Crippen LogP contribution in [0.25, 0.3) is 0 Å². The molecule has 0 aromatic heterocycles. The fraction of sp³-hybridized carbons (Fsp3) is 0.370. The molecule has 0 aliphatic heterocycles. The van der Waals surface area contributed by atoms with Crippen LogP contribution in [0.4, 0.5) is 0 Å². The van der Waals surface area contributed by atoms with E-state index in [1.807, 2.05) is 32.0 Å². The average Bonchev–Trinajstić information content (AvgIpc) is 3.27. The van der Waals surface area contributed by atoms with Gasteiger partial charge in [-0.1, -0.05) is 63.9 Å². The maximum Gasteiger partial charge on any atom is 0.384 e. The molecule has 1 saturated carbocycles. The number of hydrogen-bond acceptors (Lipinski definition) is 5. The Morgan fingerprint density at radius 1 is 1.09 bits per heavy atom. The van der Waals surface area contributed by atoms with Crippen LogP contribution in [-0.4, -0.2) is 23.7 Å². The normalized spacial score (nSPS) is 21.2. The Labute approximate surface area is 194 Å². The molecule has 0 spiro atoms. The van der Waals surface area contributed by atoms with E-state index in [1.165, 1.54) is 0 Å². The minimum Gasteiger partial charge on any atom is -0.481 e. The van der Waals surface area contributed by atoms with Gasteiger partial charge in [-0.2, -0.15) is 5.26 Å². The SMILES string of the molecule is CC(C)COC(=O)C#C[C@H]1C(C)(C)[C@]1(C(=O)O)[C@@H](C#N)c1cccc(Oc2ccccc2)c1. The van der Waals surface area contributed by atoms with Crippen LogP contribution in [0.5, 0.6) is 11.5 Å². The van der Waals surface area contributed by atoms with Gasteiger partial charge in [-0.25, -0.2) is 4.79 Å². The third-order valence-corrected chi connectivity index (χ3v) is 6.13. The highest BCUT2D eigenvalue weighted by Crippen LogP contribution is 2.74. The number of para-hydroxylation sites is 1. The van der Waals surface area contributed by atoms with Crippen LogP contribution in [0, 0.1) is 45.8 Å². The molecule has 0 bridgehead atoms. The topological polar surface area (TPSA) is 96.6 Å². The number of carboxylic acids is 1. The zero-order valence-electron chi connectivity index (χ0n) is 19.2. The summed E-state index contributed by atoms with van der Waals surface area (Å²) in [5.41, 5.74) is -1.78.